The fourth-order valence-corrected chi connectivity index (χ4v) is 4.01. The quantitative estimate of drug-likeness (QED) is 0.847. The normalized spacial score (nSPS) is 18.9. The molecule has 6 heteroatoms. The van der Waals surface area contributed by atoms with E-state index in [2.05, 4.69) is 16.3 Å². The maximum atomic E-state index is 12.7. The molecule has 3 nitrogen and oxygen atoms in total. The van der Waals surface area contributed by atoms with Gasteiger partial charge in [0.25, 0.3) is 0 Å². The zero-order valence-corrected chi connectivity index (χ0v) is 15.1. The Bertz CT molecular complexity index is 783. The van der Waals surface area contributed by atoms with Gasteiger partial charge in [0.05, 0.1) is 5.56 Å². The first-order valence-corrected chi connectivity index (χ1v) is 9.41. The molecule has 2 heterocycles. The average Bonchev–Trinajstić information content (AvgIpc) is 2.68. The van der Waals surface area contributed by atoms with Crippen LogP contribution < -0.4 is 10.1 Å². The summed E-state index contributed by atoms with van der Waals surface area (Å²) in [6, 6.07) is 11.5. The van der Waals surface area contributed by atoms with Crippen molar-refractivity contribution in [1.82, 2.24) is 10.2 Å². The van der Waals surface area contributed by atoms with Gasteiger partial charge in [0.2, 0.25) is 0 Å². The summed E-state index contributed by atoms with van der Waals surface area (Å²) >= 11 is 0. The molecule has 2 aliphatic heterocycles. The van der Waals surface area contributed by atoms with Gasteiger partial charge in [-0.2, -0.15) is 13.2 Å². The number of hydrogen-bond acceptors (Lipinski definition) is 3. The number of nitrogens with one attached hydrogen (secondary N) is 1. The predicted molar refractivity (Wildman–Crippen MR) is 98.0 cm³/mol. The van der Waals surface area contributed by atoms with E-state index in [1.54, 1.807) is 0 Å². The lowest BCUT2D eigenvalue weighted by molar-refractivity contribution is -0.137. The molecule has 0 amide bonds. The van der Waals surface area contributed by atoms with Crippen LogP contribution in [0.15, 0.2) is 42.5 Å². The van der Waals surface area contributed by atoms with Gasteiger partial charge >= 0.3 is 6.18 Å². The van der Waals surface area contributed by atoms with Crippen molar-refractivity contribution < 1.29 is 17.9 Å². The number of piperidine rings is 1. The molecule has 27 heavy (non-hydrogen) atoms. The zero-order chi connectivity index (χ0) is 18.9. The van der Waals surface area contributed by atoms with Gasteiger partial charge in [-0.25, -0.2) is 0 Å². The molecule has 0 aromatic heterocycles. The number of ether oxygens (including phenoxy) is 1. The van der Waals surface area contributed by atoms with Crippen molar-refractivity contribution in [3.05, 3.63) is 59.2 Å². The van der Waals surface area contributed by atoms with Crippen LogP contribution in [0, 0.1) is 0 Å². The Kier molecular flexibility index (Phi) is 5.10. The Hall–Kier alpha value is -2.05. The Morgan fingerprint density at radius 1 is 1.00 bits per heavy atom. The lowest BCUT2D eigenvalue weighted by Crippen LogP contribution is -2.45. The summed E-state index contributed by atoms with van der Waals surface area (Å²) in [5.74, 6) is 1.18. The predicted octanol–water partition coefficient (Wildman–Crippen LogP) is 4.61. The maximum Gasteiger partial charge on any atom is 0.416 e. The van der Waals surface area contributed by atoms with E-state index in [4.69, 9.17) is 4.74 Å². The minimum atomic E-state index is -4.33. The van der Waals surface area contributed by atoms with Gasteiger partial charge in [0.1, 0.15) is 11.5 Å². The summed E-state index contributed by atoms with van der Waals surface area (Å²) in [6.45, 7) is 4.05. The van der Waals surface area contributed by atoms with Gasteiger partial charge in [-0.15, -0.1) is 0 Å². The molecular weight excluding hydrogens is 353 g/mol. The Labute approximate surface area is 157 Å². The third kappa shape index (κ3) is 4.12. The number of benzene rings is 2. The van der Waals surface area contributed by atoms with Crippen molar-refractivity contribution >= 4 is 0 Å². The lowest BCUT2D eigenvalue weighted by Gasteiger charge is -2.38. The van der Waals surface area contributed by atoms with Crippen LogP contribution in [0.4, 0.5) is 13.2 Å². The van der Waals surface area contributed by atoms with E-state index < -0.39 is 11.7 Å². The Morgan fingerprint density at radius 2 is 1.74 bits per heavy atom. The molecule has 1 saturated heterocycles. The van der Waals surface area contributed by atoms with Gasteiger partial charge < -0.3 is 10.1 Å². The highest BCUT2D eigenvalue weighted by molar-refractivity contribution is 5.44. The van der Waals surface area contributed by atoms with Crippen molar-refractivity contribution in [2.45, 2.75) is 38.0 Å². The summed E-state index contributed by atoms with van der Waals surface area (Å²) in [7, 11) is 0. The van der Waals surface area contributed by atoms with Crippen LogP contribution >= 0.6 is 0 Å². The highest BCUT2D eigenvalue weighted by Gasteiger charge is 2.30. The summed E-state index contributed by atoms with van der Waals surface area (Å²) < 4.78 is 44.1. The van der Waals surface area contributed by atoms with Gasteiger partial charge in [-0.05, 0) is 68.2 Å². The van der Waals surface area contributed by atoms with E-state index in [9.17, 15) is 13.2 Å². The highest BCUT2D eigenvalue weighted by Crippen LogP contribution is 2.35. The smallest absolute Gasteiger partial charge is 0.416 e. The van der Waals surface area contributed by atoms with Crippen LogP contribution in [0.1, 0.15) is 29.5 Å². The van der Waals surface area contributed by atoms with Crippen LogP contribution in [0.2, 0.25) is 0 Å². The van der Waals surface area contributed by atoms with E-state index in [0.29, 0.717) is 11.8 Å². The largest absolute Gasteiger partial charge is 0.457 e. The first kappa shape index (κ1) is 18.3. The van der Waals surface area contributed by atoms with E-state index in [-0.39, 0.29) is 0 Å². The first-order valence-electron chi connectivity index (χ1n) is 9.41. The molecule has 2 aromatic carbocycles. The van der Waals surface area contributed by atoms with Gasteiger partial charge in [0.15, 0.2) is 0 Å². The van der Waals surface area contributed by atoms with Crippen LogP contribution in [0.5, 0.6) is 11.5 Å². The summed E-state index contributed by atoms with van der Waals surface area (Å²) in [6.07, 6.45) is -1.08. The third-order valence-electron chi connectivity index (χ3n) is 5.49. The molecule has 0 radical (unpaired) electrons. The van der Waals surface area contributed by atoms with E-state index in [0.717, 1.165) is 50.5 Å². The van der Waals surface area contributed by atoms with Crippen molar-refractivity contribution in [1.29, 1.82) is 0 Å². The average molecular weight is 376 g/mol. The lowest BCUT2D eigenvalue weighted by atomic mass is 9.95. The fourth-order valence-electron chi connectivity index (χ4n) is 4.01. The monoisotopic (exact) mass is 376 g/mol. The van der Waals surface area contributed by atoms with E-state index >= 15 is 0 Å². The number of rotatable bonds is 3. The van der Waals surface area contributed by atoms with Crippen LogP contribution in [-0.2, 0) is 19.1 Å². The molecule has 0 atom stereocenters. The van der Waals surface area contributed by atoms with Crippen molar-refractivity contribution in [2.75, 3.05) is 19.6 Å². The van der Waals surface area contributed by atoms with Crippen molar-refractivity contribution in [3.8, 4) is 11.5 Å². The topological polar surface area (TPSA) is 24.5 Å². The maximum absolute atomic E-state index is 12.7. The number of alkyl halides is 3. The van der Waals surface area contributed by atoms with E-state index in [1.807, 2.05) is 12.1 Å². The van der Waals surface area contributed by atoms with Gasteiger partial charge in [-0.3, -0.25) is 4.90 Å². The Morgan fingerprint density at radius 3 is 2.44 bits per heavy atom. The second-order valence-electron chi connectivity index (χ2n) is 7.22. The molecule has 4 rings (SSSR count). The minimum absolute atomic E-state index is 0.428. The molecular formula is C21H23F3N2O. The standard InChI is InChI=1S/C21H23F3N2O/c22-21(23,24)16-4-6-18(7-5-16)27-20-3-1-2-15-14-26(13-10-19(15)20)17-8-11-25-12-9-17/h1-7,17,25H,8-14H2. The summed E-state index contributed by atoms with van der Waals surface area (Å²) in [5, 5.41) is 3.41. The molecule has 1 N–H and O–H groups in total. The van der Waals surface area contributed by atoms with Crippen LogP contribution in [0.25, 0.3) is 0 Å². The number of hydrogen-bond donors (Lipinski definition) is 1. The minimum Gasteiger partial charge on any atom is -0.457 e. The summed E-state index contributed by atoms with van der Waals surface area (Å²) in [4.78, 5) is 2.55. The van der Waals surface area contributed by atoms with Crippen LogP contribution in [0.3, 0.4) is 0 Å². The number of nitrogens with zero attached hydrogens (tertiary/aromatic N) is 1. The second-order valence-corrected chi connectivity index (χ2v) is 7.22. The number of fused-ring (bicyclic) bond motifs is 1. The fraction of sp³-hybridized carbons (Fsp3) is 0.429. The molecule has 2 aliphatic rings. The third-order valence-corrected chi connectivity index (χ3v) is 5.49. The molecule has 2 aromatic rings. The van der Waals surface area contributed by atoms with Crippen molar-refractivity contribution in [2.24, 2.45) is 0 Å². The first-order chi connectivity index (χ1) is 13.0. The molecule has 144 valence electrons. The molecule has 0 bridgehead atoms. The number of halogens is 3. The van der Waals surface area contributed by atoms with Gasteiger partial charge in [-0.1, -0.05) is 12.1 Å². The molecule has 0 spiro atoms. The van der Waals surface area contributed by atoms with Crippen LogP contribution in [-0.4, -0.2) is 30.6 Å². The van der Waals surface area contributed by atoms with Gasteiger partial charge in [0, 0.05) is 24.7 Å². The highest BCUT2D eigenvalue weighted by atomic mass is 19.4. The van der Waals surface area contributed by atoms with E-state index in [1.165, 1.54) is 36.1 Å². The molecule has 0 saturated carbocycles. The molecule has 1 fully saturated rings. The zero-order valence-electron chi connectivity index (χ0n) is 15.1. The SMILES string of the molecule is FC(F)(F)c1ccc(Oc2cccc3c2CCN(C2CCNCC2)C3)cc1. The summed E-state index contributed by atoms with van der Waals surface area (Å²) in [5.41, 5.74) is 1.76. The molecule has 0 unspecified atom stereocenters. The van der Waals surface area contributed by atoms with Crippen molar-refractivity contribution in [3.63, 3.8) is 0 Å². The molecule has 0 aliphatic carbocycles. The second kappa shape index (κ2) is 7.52. The Balaban J connectivity index is 1.49.